The lowest BCUT2D eigenvalue weighted by Crippen LogP contribution is -2.32. The van der Waals surface area contributed by atoms with Crippen molar-refractivity contribution in [3.63, 3.8) is 0 Å². The summed E-state index contributed by atoms with van der Waals surface area (Å²) < 4.78 is 6.37. The zero-order valence-electron chi connectivity index (χ0n) is 16.7. The minimum absolute atomic E-state index is 0.0210. The van der Waals surface area contributed by atoms with Gasteiger partial charge in [-0.2, -0.15) is 0 Å². The molecule has 1 N–H and O–H groups in total. The van der Waals surface area contributed by atoms with Gasteiger partial charge in [-0.3, -0.25) is 9.59 Å². The molecule has 0 bridgehead atoms. The van der Waals surface area contributed by atoms with E-state index in [0.29, 0.717) is 29.2 Å². The number of para-hydroxylation sites is 1. The van der Waals surface area contributed by atoms with E-state index in [-0.39, 0.29) is 11.8 Å². The molecule has 1 saturated heterocycles. The fourth-order valence-electron chi connectivity index (χ4n) is 3.39. The first-order valence-electron chi connectivity index (χ1n) is 10.2. The van der Waals surface area contributed by atoms with Crippen LogP contribution >= 0.6 is 15.9 Å². The topological polar surface area (TPSA) is 58.6 Å². The van der Waals surface area contributed by atoms with Crippen molar-refractivity contribution in [1.82, 2.24) is 4.90 Å². The van der Waals surface area contributed by atoms with E-state index in [0.717, 1.165) is 49.7 Å². The summed E-state index contributed by atoms with van der Waals surface area (Å²) in [6.07, 6.45) is 5.29. The highest BCUT2D eigenvalue weighted by Gasteiger charge is 2.21. The van der Waals surface area contributed by atoms with Gasteiger partial charge in [-0.05, 0) is 65.5 Å². The van der Waals surface area contributed by atoms with E-state index in [9.17, 15) is 9.59 Å². The molecular formula is C23H27BrN2O3. The molecule has 29 heavy (non-hydrogen) atoms. The maximum absolute atomic E-state index is 13.0. The van der Waals surface area contributed by atoms with Crippen LogP contribution in [0.15, 0.2) is 46.9 Å². The molecule has 6 heteroatoms. The number of rotatable bonds is 6. The number of hydrogen-bond donors (Lipinski definition) is 1. The average molecular weight is 459 g/mol. The smallest absolute Gasteiger partial charge is 0.255 e. The number of likely N-dealkylation sites (tertiary alicyclic amines) is 1. The van der Waals surface area contributed by atoms with Crippen LogP contribution in [-0.2, 0) is 0 Å². The van der Waals surface area contributed by atoms with Gasteiger partial charge in [0, 0.05) is 18.7 Å². The van der Waals surface area contributed by atoms with Crippen LogP contribution in [0, 0.1) is 0 Å². The van der Waals surface area contributed by atoms with Crippen LogP contribution in [0.2, 0.25) is 0 Å². The fraction of sp³-hybridized carbons (Fsp3) is 0.391. The number of carbonyl (C=O) groups is 2. The van der Waals surface area contributed by atoms with Gasteiger partial charge in [-0.1, -0.05) is 31.9 Å². The number of ether oxygens (including phenoxy) is 1. The molecule has 3 rings (SSSR count). The Bertz CT molecular complexity index is 861. The quantitative estimate of drug-likeness (QED) is 0.620. The van der Waals surface area contributed by atoms with E-state index in [2.05, 4.69) is 21.2 Å². The van der Waals surface area contributed by atoms with Crippen LogP contribution in [0.4, 0.5) is 5.69 Å². The first-order chi connectivity index (χ1) is 14.1. The highest BCUT2D eigenvalue weighted by molar-refractivity contribution is 9.10. The van der Waals surface area contributed by atoms with Gasteiger partial charge in [0.25, 0.3) is 11.8 Å². The third kappa shape index (κ3) is 5.60. The molecule has 1 heterocycles. The van der Waals surface area contributed by atoms with E-state index >= 15 is 0 Å². The molecule has 2 aromatic rings. The third-order valence-corrected chi connectivity index (χ3v) is 5.57. The molecule has 2 aromatic carbocycles. The molecule has 1 aliphatic heterocycles. The molecule has 1 fully saturated rings. The number of carbonyl (C=O) groups excluding carboxylic acids is 2. The first kappa shape index (κ1) is 21.4. The van der Waals surface area contributed by atoms with Gasteiger partial charge in [0.2, 0.25) is 0 Å². The SMILES string of the molecule is CCCOc1ccc(C(=O)Nc2ccccc2C(=O)N2CCCCCC2)cc1Br. The summed E-state index contributed by atoms with van der Waals surface area (Å²) in [6.45, 7) is 4.21. The molecule has 0 unspecified atom stereocenters. The summed E-state index contributed by atoms with van der Waals surface area (Å²) in [5, 5.41) is 2.90. The molecule has 0 saturated carbocycles. The second-order valence-electron chi connectivity index (χ2n) is 7.20. The summed E-state index contributed by atoms with van der Waals surface area (Å²) in [5.41, 5.74) is 1.57. The summed E-state index contributed by atoms with van der Waals surface area (Å²) in [6, 6.07) is 12.5. The van der Waals surface area contributed by atoms with E-state index in [4.69, 9.17) is 4.74 Å². The Morgan fingerprint density at radius 1 is 1.07 bits per heavy atom. The van der Waals surface area contributed by atoms with Crippen molar-refractivity contribution in [2.75, 3.05) is 25.0 Å². The van der Waals surface area contributed by atoms with Crippen molar-refractivity contribution >= 4 is 33.4 Å². The van der Waals surface area contributed by atoms with E-state index in [1.165, 1.54) is 0 Å². The molecule has 5 nitrogen and oxygen atoms in total. The van der Waals surface area contributed by atoms with Crippen LogP contribution < -0.4 is 10.1 Å². The zero-order valence-corrected chi connectivity index (χ0v) is 18.3. The van der Waals surface area contributed by atoms with Crippen LogP contribution in [0.1, 0.15) is 59.7 Å². The number of hydrogen-bond acceptors (Lipinski definition) is 3. The minimum atomic E-state index is -0.260. The lowest BCUT2D eigenvalue weighted by molar-refractivity contribution is 0.0762. The van der Waals surface area contributed by atoms with Gasteiger partial charge >= 0.3 is 0 Å². The van der Waals surface area contributed by atoms with Gasteiger partial charge in [0.15, 0.2) is 0 Å². The Hall–Kier alpha value is -2.34. The molecule has 154 valence electrons. The number of nitrogens with one attached hydrogen (secondary N) is 1. The minimum Gasteiger partial charge on any atom is -0.492 e. The van der Waals surface area contributed by atoms with Gasteiger partial charge in [0.05, 0.1) is 22.3 Å². The van der Waals surface area contributed by atoms with Crippen LogP contribution in [-0.4, -0.2) is 36.4 Å². The molecule has 1 aliphatic rings. The van der Waals surface area contributed by atoms with E-state index < -0.39 is 0 Å². The Kier molecular flexibility index (Phi) is 7.69. The van der Waals surface area contributed by atoms with Gasteiger partial charge in [0.1, 0.15) is 5.75 Å². The number of amides is 2. The first-order valence-corrected chi connectivity index (χ1v) is 11.0. The van der Waals surface area contributed by atoms with Crippen molar-refractivity contribution in [2.45, 2.75) is 39.0 Å². The van der Waals surface area contributed by atoms with Crippen molar-refractivity contribution in [1.29, 1.82) is 0 Å². The second-order valence-corrected chi connectivity index (χ2v) is 8.05. The lowest BCUT2D eigenvalue weighted by atomic mass is 10.1. The number of nitrogens with zero attached hydrogens (tertiary/aromatic N) is 1. The number of halogens is 1. The van der Waals surface area contributed by atoms with E-state index in [1.807, 2.05) is 24.0 Å². The predicted molar refractivity (Wildman–Crippen MR) is 119 cm³/mol. The molecule has 0 radical (unpaired) electrons. The van der Waals surface area contributed by atoms with E-state index in [1.54, 1.807) is 30.3 Å². The normalized spacial score (nSPS) is 14.2. The Morgan fingerprint density at radius 2 is 1.79 bits per heavy atom. The Morgan fingerprint density at radius 3 is 2.48 bits per heavy atom. The van der Waals surface area contributed by atoms with Crippen molar-refractivity contribution in [2.24, 2.45) is 0 Å². The second kappa shape index (κ2) is 10.4. The third-order valence-electron chi connectivity index (χ3n) is 4.95. The molecular weight excluding hydrogens is 432 g/mol. The Labute approximate surface area is 180 Å². The van der Waals surface area contributed by atoms with Crippen molar-refractivity contribution < 1.29 is 14.3 Å². The van der Waals surface area contributed by atoms with Crippen LogP contribution in [0.25, 0.3) is 0 Å². The fourth-order valence-corrected chi connectivity index (χ4v) is 3.88. The van der Waals surface area contributed by atoms with Gasteiger partial charge in [-0.25, -0.2) is 0 Å². The molecule has 0 aromatic heterocycles. The highest BCUT2D eigenvalue weighted by atomic mass is 79.9. The average Bonchev–Trinajstić information content (AvgIpc) is 3.02. The molecule has 0 spiro atoms. The highest BCUT2D eigenvalue weighted by Crippen LogP contribution is 2.27. The summed E-state index contributed by atoms with van der Waals surface area (Å²) >= 11 is 3.46. The monoisotopic (exact) mass is 458 g/mol. The summed E-state index contributed by atoms with van der Waals surface area (Å²) in [5.74, 6) is 0.427. The number of anilines is 1. The van der Waals surface area contributed by atoms with Crippen LogP contribution in [0.5, 0.6) is 5.75 Å². The largest absolute Gasteiger partial charge is 0.492 e. The standard InChI is InChI=1S/C23H27BrN2O3/c1-2-15-29-21-12-11-17(16-19(21)24)22(27)25-20-10-6-5-9-18(20)23(28)26-13-7-3-4-8-14-26/h5-6,9-12,16H,2-4,7-8,13-15H2,1H3,(H,25,27). The Balaban J connectivity index is 1.75. The summed E-state index contributed by atoms with van der Waals surface area (Å²) in [7, 11) is 0. The molecule has 0 atom stereocenters. The van der Waals surface area contributed by atoms with Crippen molar-refractivity contribution in [3.8, 4) is 5.75 Å². The molecule has 0 aliphatic carbocycles. The van der Waals surface area contributed by atoms with Crippen LogP contribution in [0.3, 0.4) is 0 Å². The predicted octanol–water partition coefficient (Wildman–Crippen LogP) is 5.51. The lowest BCUT2D eigenvalue weighted by Gasteiger charge is -2.22. The summed E-state index contributed by atoms with van der Waals surface area (Å²) in [4.78, 5) is 27.7. The maximum Gasteiger partial charge on any atom is 0.255 e. The van der Waals surface area contributed by atoms with Gasteiger partial charge < -0.3 is 15.0 Å². The number of benzene rings is 2. The van der Waals surface area contributed by atoms with Gasteiger partial charge in [-0.15, -0.1) is 0 Å². The maximum atomic E-state index is 13.0. The van der Waals surface area contributed by atoms with Crippen molar-refractivity contribution in [3.05, 3.63) is 58.1 Å². The zero-order chi connectivity index (χ0) is 20.6. The molecule has 2 amide bonds.